The number of carbonyl (C=O) groups excluding carboxylic acids is 1. The predicted molar refractivity (Wildman–Crippen MR) is 153 cm³/mol. The number of carboxylic acids is 1. The van der Waals surface area contributed by atoms with Gasteiger partial charge in [0.05, 0.1) is 37.1 Å². The number of nitrogens with zero attached hydrogens (tertiary/aromatic N) is 3. The number of hydrogen-bond acceptors (Lipinski definition) is 5. The highest BCUT2D eigenvalue weighted by Gasteiger charge is 2.27. The first-order valence-electron chi connectivity index (χ1n) is 13.4. The van der Waals surface area contributed by atoms with Gasteiger partial charge in [-0.3, -0.25) is 9.48 Å². The van der Waals surface area contributed by atoms with Crippen LogP contribution >= 0.6 is 0 Å². The monoisotopic (exact) mass is 539 g/mol. The van der Waals surface area contributed by atoms with Gasteiger partial charge in [0.25, 0.3) is 0 Å². The Hall–Kier alpha value is -4.59. The van der Waals surface area contributed by atoms with E-state index in [9.17, 15) is 14.7 Å². The molecule has 4 aromatic rings. The van der Waals surface area contributed by atoms with E-state index in [0.29, 0.717) is 44.9 Å². The van der Waals surface area contributed by atoms with Crippen molar-refractivity contribution in [3.8, 4) is 22.6 Å². The van der Waals surface area contributed by atoms with Gasteiger partial charge in [0.2, 0.25) is 5.91 Å². The number of ether oxygens (including phenoxy) is 2. The van der Waals surface area contributed by atoms with Crippen molar-refractivity contribution in [3.63, 3.8) is 0 Å². The summed E-state index contributed by atoms with van der Waals surface area (Å²) in [6, 6.07) is 16.9. The van der Waals surface area contributed by atoms with Crippen molar-refractivity contribution in [2.75, 3.05) is 24.7 Å². The molecule has 206 valence electrons. The molecule has 3 aromatic carbocycles. The van der Waals surface area contributed by atoms with E-state index in [2.05, 4.69) is 18.1 Å². The van der Waals surface area contributed by atoms with E-state index >= 15 is 0 Å². The third-order valence-electron chi connectivity index (χ3n) is 7.18. The number of aromatic nitrogens is 2. The van der Waals surface area contributed by atoms with Gasteiger partial charge in [-0.15, -0.1) is 0 Å². The first-order chi connectivity index (χ1) is 19.3. The van der Waals surface area contributed by atoms with Gasteiger partial charge in [0.1, 0.15) is 12.4 Å². The molecule has 8 nitrogen and oxygen atoms in total. The second-order valence-electron chi connectivity index (χ2n) is 10.1. The van der Waals surface area contributed by atoms with Crippen LogP contribution < -0.4 is 14.4 Å². The molecule has 0 spiro atoms. The minimum atomic E-state index is -0.959. The van der Waals surface area contributed by atoms with Gasteiger partial charge >= 0.3 is 5.97 Å². The summed E-state index contributed by atoms with van der Waals surface area (Å²) in [4.78, 5) is 26.4. The lowest BCUT2D eigenvalue weighted by atomic mass is 10.0. The van der Waals surface area contributed by atoms with Crippen LogP contribution in [0.2, 0.25) is 0 Å². The number of anilines is 1. The maximum absolute atomic E-state index is 13.3. The first-order valence-corrected chi connectivity index (χ1v) is 13.4. The smallest absolute Gasteiger partial charge is 0.335 e. The normalized spacial score (nSPS) is 12.5. The number of aromatic carboxylic acids is 1. The second-order valence-corrected chi connectivity index (χ2v) is 10.1. The van der Waals surface area contributed by atoms with Crippen LogP contribution in [-0.2, 0) is 11.3 Å². The molecule has 0 saturated heterocycles. The number of carbonyl (C=O) groups is 2. The molecule has 5 rings (SSSR count). The van der Waals surface area contributed by atoms with Gasteiger partial charge in [-0.05, 0) is 79.8 Å². The van der Waals surface area contributed by atoms with Crippen LogP contribution in [0.1, 0.15) is 45.5 Å². The van der Waals surface area contributed by atoms with Crippen LogP contribution in [0.15, 0.2) is 67.0 Å². The van der Waals surface area contributed by atoms with Gasteiger partial charge in [-0.2, -0.15) is 5.10 Å². The van der Waals surface area contributed by atoms with Gasteiger partial charge in [0.15, 0.2) is 5.75 Å². The van der Waals surface area contributed by atoms with Crippen LogP contribution in [0.3, 0.4) is 0 Å². The standard InChI is InChI=1S/C32H33N3O5/c1-21-15-27(26-18-33-34(20-26)19-24-8-5-9-25(17-24)32(37)38)31-28(16-21)35(12-14-40-31)30(36)11-6-13-39-29-10-4-7-22(2)23(29)3/h4-5,7-10,15-18,20H,6,11-14,19H2,1-3H3,(H,37,38). The molecule has 0 fully saturated rings. The van der Waals surface area contributed by atoms with Gasteiger partial charge in [0, 0.05) is 23.7 Å². The number of rotatable bonds is 9. The average molecular weight is 540 g/mol. The lowest BCUT2D eigenvalue weighted by molar-refractivity contribution is -0.119. The van der Waals surface area contributed by atoms with Crippen LogP contribution in [0.4, 0.5) is 5.69 Å². The zero-order valence-corrected chi connectivity index (χ0v) is 23.0. The van der Waals surface area contributed by atoms with E-state index in [1.54, 1.807) is 29.1 Å². The maximum atomic E-state index is 13.3. The Morgan fingerprint density at radius 2 is 1.90 bits per heavy atom. The summed E-state index contributed by atoms with van der Waals surface area (Å²) in [5.74, 6) is 0.614. The van der Waals surface area contributed by atoms with Crippen LogP contribution in [0, 0.1) is 20.8 Å². The third-order valence-corrected chi connectivity index (χ3v) is 7.18. The number of aryl methyl sites for hydroxylation is 2. The quantitative estimate of drug-likeness (QED) is 0.270. The highest BCUT2D eigenvalue weighted by Crippen LogP contribution is 2.42. The third kappa shape index (κ3) is 5.86. The van der Waals surface area contributed by atoms with Crippen molar-refractivity contribution in [1.29, 1.82) is 0 Å². The Labute approximate surface area is 233 Å². The molecule has 1 aliphatic heterocycles. The Morgan fingerprint density at radius 1 is 1.07 bits per heavy atom. The topological polar surface area (TPSA) is 93.9 Å². The highest BCUT2D eigenvalue weighted by atomic mass is 16.5. The van der Waals surface area contributed by atoms with E-state index < -0.39 is 5.97 Å². The van der Waals surface area contributed by atoms with E-state index in [0.717, 1.165) is 39.3 Å². The molecule has 0 saturated carbocycles. The average Bonchev–Trinajstić information content (AvgIpc) is 3.40. The Kier molecular flexibility index (Phi) is 7.86. The minimum absolute atomic E-state index is 0.0414. The fraction of sp³-hybridized carbons (Fsp3) is 0.281. The Balaban J connectivity index is 1.29. The Morgan fingerprint density at radius 3 is 2.73 bits per heavy atom. The lowest BCUT2D eigenvalue weighted by Crippen LogP contribution is -2.38. The summed E-state index contributed by atoms with van der Waals surface area (Å²) in [5.41, 5.74) is 6.91. The molecule has 0 radical (unpaired) electrons. The molecule has 0 bridgehead atoms. The summed E-state index contributed by atoms with van der Waals surface area (Å²) in [6.45, 7) is 7.91. The number of benzene rings is 3. The fourth-order valence-corrected chi connectivity index (χ4v) is 4.94. The highest BCUT2D eigenvalue weighted by molar-refractivity contribution is 5.97. The van der Waals surface area contributed by atoms with Crippen molar-refractivity contribution in [3.05, 3.63) is 94.8 Å². The lowest BCUT2D eigenvalue weighted by Gasteiger charge is -2.31. The molecular formula is C32H33N3O5. The maximum Gasteiger partial charge on any atom is 0.335 e. The summed E-state index contributed by atoms with van der Waals surface area (Å²) < 4.78 is 13.8. The molecule has 1 N–H and O–H groups in total. The Bertz CT molecular complexity index is 1560. The van der Waals surface area contributed by atoms with E-state index in [1.807, 2.05) is 55.3 Å². The number of amides is 1. The van der Waals surface area contributed by atoms with Crippen LogP contribution in [0.5, 0.6) is 11.5 Å². The molecule has 0 aliphatic carbocycles. The van der Waals surface area contributed by atoms with Gasteiger partial charge in [-0.1, -0.05) is 24.3 Å². The van der Waals surface area contributed by atoms with Crippen molar-refractivity contribution < 1.29 is 24.2 Å². The van der Waals surface area contributed by atoms with E-state index in [-0.39, 0.29) is 11.5 Å². The van der Waals surface area contributed by atoms with E-state index in [1.165, 1.54) is 5.56 Å². The summed E-state index contributed by atoms with van der Waals surface area (Å²) in [7, 11) is 0. The molecule has 1 aliphatic rings. The van der Waals surface area contributed by atoms with Crippen molar-refractivity contribution >= 4 is 17.6 Å². The molecule has 1 amide bonds. The SMILES string of the molecule is Cc1cc(-c2cnn(Cc3cccc(C(=O)O)c3)c2)c2c(c1)N(C(=O)CCCOc1cccc(C)c1C)CCO2. The number of hydrogen-bond donors (Lipinski definition) is 1. The fourth-order valence-electron chi connectivity index (χ4n) is 4.94. The number of carboxylic acid groups (broad SMARTS) is 1. The number of fused-ring (bicyclic) bond motifs is 1. The predicted octanol–water partition coefficient (Wildman–Crippen LogP) is 5.81. The second kappa shape index (κ2) is 11.7. The first kappa shape index (κ1) is 27.0. The van der Waals surface area contributed by atoms with E-state index in [4.69, 9.17) is 9.47 Å². The molecule has 2 heterocycles. The zero-order valence-electron chi connectivity index (χ0n) is 23.0. The van der Waals surface area contributed by atoms with Gasteiger partial charge < -0.3 is 19.5 Å². The molecule has 0 atom stereocenters. The zero-order chi connectivity index (χ0) is 28.2. The molecule has 8 heteroatoms. The molecule has 0 unspecified atom stereocenters. The summed E-state index contributed by atoms with van der Waals surface area (Å²) in [6.07, 6.45) is 4.68. The largest absolute Gasteiger partial charge is 0.493 e. The van der Waals surface area contributed by atoms with Crippen LogP contribution in [-0.4, -0.2) is 46.5 Å². The summed E-state index contributed by atoms with van der Waals surface area (Å²) in [5, 5.41) is 13.8. The van der Waals surface area contributed by atoms with Crippen molar-refractivity contribution in [1.82, 2.24) is 9.78 Å². The molecule has 40 heavy (non-hydrogen) atoms. The van der Waals surface area contributed by atoms with Crippen molar-refractivity contribution in [2.24, 2.45) is 0 Å². The van der Waals surface area contributed by atoms with Crippen molar-refractivity contribution in [2.45, 2.75) is 40.2 Å². The molecular weight excluding hydrogens is 506 g/mol. The van der Waals surface area contributed by atoms with Gasteiger partial charge in [-0.25, -0.2) is 4.79 Å². The van der Waals surface area contributed by atoms with Crippen LogP contribution in [0.25, 0.3) is 11.1 Å². The molecule has 1 aromatic heterocycles. The minimum Gasteiger partial charge on any atom is -0.493 e. The summed E-state index contributed by atoms with van der Waals surface area (Å²) >= 11 is 0.